The van der Waals surface area contributed by atoms with Gasteiger partial charge < -0.3 is 14.2 Å². The summed E-state index contributed by atoms with van der Waals surface area (Å²) < 4.78 is 18.4. The minimum Gasteiger partial charge on any atom is -0.493 e. The van der Waals surface area contributed by atoms with Gasteiger partial charge in [-0.25, -0.2) is 9.78 Å². The highest BCUT2D eigenvalue weighted by molar-refractivity contribution is 9.10. The molecule has 0 saturated carbocycles. The molecule has 3 aromatic rings. The lowest BCUT2D eigenvalue weighted by molar-refractivity contribution is -0.149. The van der Waals surface area contributed by atoms with Crippen molar-refractivity contribution in [3.05, 3.63) is 62.6 Å². The molecule has 0 aliphatic rings. The van der Waals surface area contributed by atoms with Crippen LogP contribution in [0.3, 0.4) is 0 Å². The van der Waals surface area contributed by atoms with Crippen molar-refractivity contribution in [2.24, 2.45) is 5.10 Å². The van der Waals surface area contributed by atoms with Crippen LogP contribution in [0.15, 0.2) is 50.8 Å². The van der Waals surface area contributed by atoms with Gasteiger partial charge in [-0.1, -0.05) is 35.8 Å². The molecule has 0 radical (unpaired) electrons. The van der Waals surface area contributed by atoms with Crippen LogP contribution in [0.4, 0.5) is 0 Å². The van der Waals surface area contributed by atoms with Crippen LogP contribution in [0, 0.1) is 0 Å². The first-order chi connectivity index (χ1) is 16.2. The van der Waals surface area contributed by atoms with Crippen molar-refractivity contribution in [3.8, 4) is 11.5 Å². The van der Waals surface area contributed by atoms with Gasteiger partial charge in [0.2, 0.25) is 0 Å². The van der Waals surface area contributed by atoms with Crippen molar-refractivity contribution in [1.82, 2.24) is 9.66 Å². The second kappa shape index (κ2) is 11.3. The van der Waals surface area contributed by atoms with Crippen molar-refractivity contribution < 1.29 is 19.0 Å². The minimum atomic E-state index is -0.497. The lowest BCUT2D eigenvalue weighted by atomic mass is 10.1. The standard InChI is InChI=1S/C25H28BrN3O5/c1-6-16(4)24-28-20-11-10-18(26)12-19(20)25(31)29(24)27-13-17-8-7-9-21(32-5)23(17)33-14-22(30)34-15(2)3/h7-13,15-16H,6,14H2,1-5H3/t16-/m0/s1. The van der Waals surface area contributed by atoms with E-state index in [1.165, 1.54) is 18.0 Å². The highest BCUT2D eigenvalue weighted by Gasteiger charge is 2.17. The summed E-state index contributed by atoms with van der Waals surface area (Å²) in [5.74, 6) is 0.818. The van der Waals surface area contributed by atoms with Crippen molar-refractivity contribution in [3.63, 3.8) is 0 Å². The molecule has 2 aromatic carbocycles. The number of methoxy groups -OCH3 is 1. The van der Waals surface area contributed by atoms with Gasteiger partial charge in [0.05, 0.1) is 30.3 Å². The van der Waals surface area contributed by atoms with Gasteiger partial charge in [0.1, 0.15) is 5.82 Å². The monoisotopic (exact) mass is 529 g/mol. The minimum absolute atomic E-state index is 0.00438. The van der Waals surface area contributed by atoms with E-state index in [-0.39, 0.29) is 24.2 Å². The molecule has 1 aromatic heterocycles. The van der Waals surface area contributed by atoms with E-state index >= 15 is 0 Å². The predicted octanol–water partition coefficient (Wildman–Crippen LogP) is 4.89. The van der Waals surface area contributed by atoms with Crippen molar-refractivity contribution in [2.45, 2.75) is 46.1 Å². The number of carbonyl (C=O) groups excluding carboxylic acids is 1. The maximum absolute atomic E-state index is 13.3. The average Bonchev–Trinajstić information content (AvgIpc) is 2.81. The second-order valence-corrected chi connectivity index (χ2v) is 8.92. The van der Waals surface area contributed by atoms with E-state index in [4.69, 9.17) is 19.2 Å². The van der Waals surface area contributed by atoms with E-state index in [0.29, 0.717) is 33.8 Å². The van der Waals surface area contributed by atoms with E-state index < -0.39 is 5.97 Å². The van der Waals surface area contributed by atoms with Gasteiger partial charge in [0.25, 0.3) is 5.56 Å². The fraction of sp³-hybridized carbons (Fsp3) is 0.360. The fourth-order valence-electron chi connectivity index (χ4n) is 3.28. The Morgan fingerprint density at radius 3 is 2.68 bits per heavy atom. The molecule has 0 unspecified atom stereocenters. The molecule has 1 atom stereocenters. The number of hydrogen-bond acceptors (Lipinski definition) is 7. The summed E-state index contributed by atoms with van der Waals surface area (Å²) in [6.45, 7) is 7.27. The molecule has 0 amide bonds. The molecule has 8 nitrogen and oxygen atoms in total. The van der Waals surface area contributed by atoms with Crippen LogP contribution in [0.1, 0.15) is 51.4 Å². The number of benzene rings is 2. The Bertz CT molecular complexity index is 1270. The number of fused-ring (bicyclic) bond motifs is 1. The third kappa shape index (κ3) is 5.83. The van der Waals surface area contributed by atoms with E-state index in [1.807, 2.05) is 26.0 Å². The summed E-state index contributed by atoms with van der Waals surface area (Å²) in [5, 5.41) is 4.94. The molecule has 0 bridgehead atoms. The molecule has 34 heavy (non-hydrogen) atoms. The number of rotatable bonds is 9. The maximum Gasteiger partial charge on any atom is 0.344 e. The molecule has 0 saturated heterocycles. The predicted molar refractivity (Wildman–Crippen MR) is 135 cm³/mol. The number of halogens is 1. The van der Waals surface area contributed by atoms with Crippen LogP contribution in [-0.2, 0) is 9.53 Å². The third-order valence-corrected chi connectivity index (χ3v) is 5.62. The van der Waals surface area contributed by atoms with Crippen LogP contribution in [0.25, 0.3) is 10.9 Å². The lowest BCUT2D eigenvalue weighted by Gasteiger charge is -2.15. The summed E-state index contributed by atoms with van der Waals surface area (Å²) in [5.41, 5.74) is 0.876. The number of aromatic nitrogens is 2. The molecule has 180 valence electrons. The zero-order valence-corrected chi connectivity index (χ0v) is 21.5. The number of hydrogen-bond donors (Lipinski definition) is 0. The summed E-state index contributed by atoms with van der Waals surface area (Å²) in [6, 6.07) is 10.6. The Hall–Kier alpha value is -3.20. The molecule has 1 heterocycles. The normalized spacial score (nSPS) is 12.3. The number of ether oxygens (including phenoxy) is 3. The van der Waals surface area contributed by atoms with Gasteiger partial charge >= 0.3 is 5.97 Å². The van der Waals surface area contributed by atoms with Crippen LogP contribution in [0.5, 0.6) is 11.5 Å². The van der Waals surface area contributed by atoms with Crippen LogP contribution >= 0.6 is 15.9 Å². The molecule has 0 fully saturated rings. The number of esters is 1. The number of para-hydroxylation sites is 1. The molecule has 0 spiro atoms. The van der Waals surface area contributed by atoms with Crippen LogP contribution < -0.4 is 15.0 Å². The first kappa shape index (κ1) is 25.4. The largest absolute Gasteiger partial charge is 0.493 e. The SMILES string of the molecule is CC[C@H](C)c1nc2ccc(Br)cc2c(=O)n1N=Cc1cccc(OC)c1OCC(=O)OC(C)C. The van der Waals surface area contributed by atoms with Crippen molar-refractivity contribution in [1.29, 1.82) is 0 Å². The summed E-state index contributed by atoms with van der Waals surface area (Å²) in [6.07, 6.45) is 2.04. The van der Waals surface area contributed by atoms with E-state index in [1.54, 1.807) is 38.1 Å². The van der Waals surface area contributed by atoms with Gasteiger partial charge in [-0.3, -0.25) is 4.79 Å². The highest BCUT2D eigenvalue weighted by Crippen LogP contribution is 2.30. The molecule has 3 rings (SSSR count). The fourth-order valence-corrected chi connectivity index (χ4v) is 3.64. The first-order valence-corrected chi connectivity index (χ1v) is 11.8. The second-order valence-electron chi connectivity index (χ2n) is 8.01. The zero-order chi connectivity index (χ0) is 24.8. The lowest BCUT2D eigenvalue weighted by Crippen LogP contribution is -2.24. The molecule has 0 N–H and O–H groups in total. The van der Waals surface area contributed by atoms with Crippen molar-refractivity contribution >= 4 is 39.0 Å². The Morgan fingerprint density at radius 1 is 1.24 bits per heavy atom. The van der Waals surface area contributed by atoms with Gasteiger partial charge in [-0.15, -0.1) is 0 Å². The average molecular weight is 530 g/mol. The molecule has 9 heteroatoms. The van der Waals surface area contributed by atoms with Crippen molar-refractivity contribution in [2.75, 3.05) is 13.7 Å². The number of carbonyl (C=O) groups is 1. The van der Waals surface area contributed by atoms with Gasteiger partial charge in [-0.05, 0) is 50.6 Å². The summed E-state index contributed by atoms with van der Waals surface area (Å²) in [7, 11) is 1.51. The molecular weight excluding hydrogens is 502 g/mol. The third-order valence-electron chi connectivity index (χ3n) is 5.13. The Labute approximate surface area is 206 Å². The molecule has 0 aliphatic carbocycles. The van der Waals surface area contributed by atoms with Crippen LogP contribution in [0.2, 0.25) is 0 Å². The Kier molecular flexibility index (Phi) is 8.44. The van der Waals surface area contributed by atoms with E-state index in [2.05, 4.69) is 21.0 Å². The van der Waals surface area contributed by atoms with E-state index in [0.717, 1.165) is 10.9 Å². The Morgan fingerprint density at radius 2 is 2.00 bits per heavy atom. The summed E-state index contributed by atoms with van der Waals surface area (Å²) >= 11 is 3.41. The first-order valence-electron chi connectivity index (χ1n) is 11.0. The topological polar surface area (TPSA) is 92.0 Å². The smallest absolute Gasteiger partial charge is 0.344 e. The van der Waals surface area contributed by atoms with Gasteiger partial charge in [-0.2, -0.15) is 9.78 Å². The Balaban J connectivity index is 2.06. The maximum atomic E-state index is 13.3. The molecule has 0 aliphatic heterocycles. The molecular formula is C25H28BrN3O5. The summed E-state index contributed by atoms with van der Waals surface area (Å²) in [4.78, 5) is 30.0. The van der Waals surface area contributed by atoms with Gasteiger partial charge in [0.15, 0.2) is 18.1 Å². The zero-order valence-electron chi connectivity index (χ0n) is 19.9. The highest BCUT2D eigenvalue weighted by atomic mass is 79.9. The van der Waals surface area contributed by atoms with E-state index in [9.17, 15) is 9.59 Å². The van der Waals surface area contributed by atoms with Gasteiger partial charge in [0, 0.05) is 16.0 Å². The number of nitrogens with zero attached hydrogens (tertiary/aromatic N) is 3. The quantitative estimate of drug-likeness (QED) is 0.289. The van der Waals surface area contributed by atoms with Crippen LogP contribution in [-0.4, -0.2) is 41.7 Å².